The standard InChI is InChI=1S/C16H19ClN4O/c1-16(22)6-4-11(5-7-16)20-14-9-15(17)18-10-12(14)13-3-2-8-19-21-13/h2-3,8-11,22H,4-7H2,1H3,(H,18,20). The van der Waals surface area contributed by atoms with Gasteiger partial charge in [0.25, 0.3) is 0 Å². The lowest BCUT2D eigenvalue weighted by atomic mass is 9.83. The topological polar surface area (TPSA) is 70.9 Å². The van der Waals surface area contributed by atoms with Crippen LogP contribution < -0.4 is 5.32 Å². The molecule has 0 bridgehead atoms. The Morgan fingerprint density at radius 3 is 2.82 bits per heavy atom. The van der Waals surface area contributed by atoms with Gasteiger partial charge >= 0.3 is 0 Å². The SMILES string of the molecule is CC1(O)CCC(Nc2cc(Cl)ncc2-c2cccnn2)CC1. The number of nitrogens with zero attached hydrogens (tertiary/aromatic N) is 3. The van der Waals surface area contributed by atoms with E-state index in [0.29, 0.717) is 11.2 Å². The molecule has 0 amide bonds. The molecule has 1 fully saturated rings. The third-order valence-corrected chi connectivity index (χ3v) is 4.35. The summed E-state index contributed by atoms with van der Waals surface area (Å²) in [6.45, 7) is 1.90. The molecule has 6 heteroatoms. The highest BCUT2D eigenvalue weighted by Crippen LogP contribution is 2.33. The molecule has 1 saturated carbocycles. The molecule has 0 unspecified atom stereocenters. The number of anilines is 1. The van der Waals surface area contributed by atoms with Crippen molar-refractivity contribution in [2.75, 3.05) is 5.32 Å². The molecule has 2 aromatic rings. The lowest BCUT2D eigenvalue weighted by molar-refractivity contribution is 0.0196. The summed E-state index contributed by atoms with van der Waals surface area (Å²) < 4.78 is 0. The zero-order valence-electron chi connectivity index (χ0n) is 12.5. The maximum Gasteiger partial charge on any atom is 0.131 e. The van der Waals surface area contributed by atoms with Gasteiger partial charge < -0.3 is 10.4 Å². The van der Waals surface area contributed by atoms with E-state index in [4.69, 9.17) is 11.6 Å². The van der Waals surface area contributed by atoms with E-state index in [9.17, 15) is 5.11 Å². The van der Waals surface area contributed by atoms with Crippen LogP contribution in [0.4, 0.5) is 5.69 Å². The van der Waals surface area contributed by atoms with Crippen LogP contribution >= 0.6 is 11.6 Å². The van der Waals surface area contributed by atoms with Crippen molar-refractivity contribution >= 4 is 17.3 Å². The number of rotatable bonds is 3. The predicted octanol–water partition coefficient (Wildman–Crippen LogP) is 3.30. The molecule has 2 N–H and O–H groups in total. The minimum Gasteiger partial charge on any atom is -0.390 e. The summed E-state index contributed by atoms with van der Waals surface area (Å²) in [7, 11) is 0. The molecular weight excluding hydrogens is 300 g/mol. The maximum absolute atomic E-state index is 10.1. The van der Waals surface area contributed by atoms with Gasteiger partial charge in [0.2, 0.25) is 0 Å². The Labute approximate surface area is 134 Å². The van der Waals surface area contributed by atoms with Crippen LogP contribution in [0.5, 0.6) is 0 Å². The number of hydrogen-bond acceptors (Lipinski definition) is 5. The van der Waals surface area contributed by atoms with Gasteiger partial charge in [0.05, 0.1) is 11.3 Å². The normalized spacial score (nSPS) is 25.0. The van der Waals surface area contributed by atoms with Gasteiger partial charge in [-0.1, -0.05) is 11.6 Å². The van der Waals surface area contributed by atoms with Gasteiger partial charge in [-0.25, -0.2) is 4.98 Å². The van der Waals surface area contributed by atoms with E-state index >= 15 is 0 Å². The van der Waals surface area contributed by atoms with Crippen molar-refractivity contribution in [3.63, 3.8) is 0 Å². The predicted molar refractivity (Wildman–Crippen MR) is 86.8 cm³/mol. The second-order valence-corrected chi connectivity index (χ2v) is 6.46. The third kappa shape index (κ3) is 3.54. The lowest BCUT2D eigenvalue weighted by Gasteiger charge is -2.34. The van der Waals surface area contributed by atoms with Crippen LogP contribution in [-0.4, -0.2) is 31.9 Å². The smallest absolute Gasteiger partial charge is 0.131 e. The van der Waals surface area contributed by atoms with Crippen molar-refractivity contribution in [1.82, 2.24) is 15.2 Å². The zero-order chi connectivity index (χ0) is 15.6. The molecule has 0 aromatic carbocycles. The summed E-state index contributed by atoms with van der Waals surface area (Å²) in [5.41, 5.74) is 2.01. The van der Waals surface area contributed by atoms with Crippen LogP contribution in [0.3, 0.4) is 0 Å². The van der Waals surface area contributed by atoms with Gasteiger partial charge in [-0.15, -0.1) is 0 Å². The van der Waals surface area contributed by atoms with Crippen molar-refractivity contribution in [3.8, 4) is 11.3 Å². The van der Waals surface area contributed by atoms with Crippen LogP contribution in [0, 0.1) is 0 Å². The third-order valence-electron chi connectivity index (χ3n) is 4.14. The Bertz CT molecular complexity index is 638. The first-order valence-electron chi connectivity index (χ1n) is 7.46. The number of pyridine rings is 1. The van der Waals surface area contributed by atoms with Gasteiger partial charge in [0.1, 0.15) is 5.15 Å². The van der Waals surface area contributed by atoms with Crippen molar-refractivity contribution in [2.24, 2.45) is 0 Å². The summed E-state index contributed by atoms with van der Waals surface area (Å²) in [5.74, 6) is 0. The molecular formula is C16H19ClN4O. The fourth-order valence-corrected chi connectivity index (χ4v) is 2.96. The minimum absolute atomic E-state index is 0.314. The Morgan fingerprint density at radius 2 is 2.14 bits per heavy atom. The first-order chi connectivity index (χ1) is 10.5. The van der Waals surface area contributed by atoms with Crippen LogP contribution in [0.2, 0.25) is 5.15 Å². The largest absolute Gasteiger partial charge is 0.390 e. The van der Waals surface area contributed by atoms with Crippen LogP contribution in [-0.2, 0) is 0 Å². The van der Waals surface area contributed by atoms with Crippen LogP contribution in [0.1, 0.15) is 32.6 Å². The summed E-state index contributed by atoms with van der Waals surface area (Å²) in [6.07, 6.45) is 6.80. The molecule has 0 spiro atoms. The highest BCUT2D eigenvalue weighted by atomic mass is 35.5. The van der Waals surface area contributed by atoms with E-state index in [1.54, 1.807) is 12.4 Å². The Morgan fingerprint density at radius 1 is 1.36 bits per heavy atom. The molecule has 0 saturated heterocycles. The molecule has 0 atom stereocenters. The molecule has 1 aliphatic rings. The molecule has 116 valence electrons. The first kappa shape index (κ1) is 15.2. The van der Waals surface area contributed by atoms with E-state index in [1.165, 1.54) is 0 Å². The summed E-state index contributed by atoms with van der Waals surface area (Å²) in [6, 6.07) is 5.88. The van der Waals surface area contributed by atoms with Gasteiger partial charge in [-0.05, 0) is 50.8 Å². The summed E-state index contributed by atoms with van der Waals surface area (Å²) >= 11 is 6.04. The van der Waals surface area contributed by atoms with Crippen molar-refractivity contribution < 1.29 is 5.11 Å². The highest BCUT2D eigenvalue weighted by Gasteiger charge is 2.28. The molecule has 5 nitrogen and oxygen atoms in total. The van der Waals surface area contributed by atoms with E-state index in [2.05, 4.69) is 20.5 Å². The quantitative estimate of drug-likeness (QED) is 0.850. The molecule has 2 aromatic heterocycles. The van der Waals surface area contributed by atoms with Crippen molar-refractivity contribution in [3.05, 3.63) is 35.7 Å². The lowest BCUT2D eigenvalue weighted by Crippen LogP contribution is -2.35. The van der Waals surface area contributed by atoms with Crippen LogP contribution in [0.15, 0.2) is 30.6 Å². The number of aromatic nitrogens is 3. The Balaban J connectivity index is 1.83. The summed E-state index contributed by atoms with van der Waals surface area (Å²) in [4.78, 5) is 4.15. The van der Waals surface area contributed by atoms with Crippen molar-refractivity contribution in [2.45, 2.75) is 44.2 Å². The number of hydrogen-bond donors (Lipinski definition) is 2. The van der Waals surface area contributed by atoms with Gasteiger partial charge in [-0.3, -0.25) is 0 Å². The molecule has 3 rings (SSSR count). The molecule has 0 radical (unpaired) electrons. The van der Waals surface area contributed by atoms with Crippen molar-refractivity contribution in [1.29, 1.82) is 0 Å². The van der Waals surface area contributed by atoms with Gasteiger partial charge in [-0.2, -0.15) is 10.2 Å². The summed E-state index contributed by atoms with van der Waals surface area (Å²) in [5, 5.41) is 22.1. The average Bonchev–Trinajstić information content (AvgIpc) is 2.50. The fourth-order valence-electron chi connectivity index (χ4n) is 2.80. The number of halogens is 1. The van der Waals surface area contributed by atoms with Gasteiger partial charge in [0, 0.05) is 29.7 Å². The monoisotopic (exact) mass is 318 g/mol. The minimum atomic E-state index is -0.540. The zero-order valence-corrected chi connectivity index (χ0v) is 13.2. The second kappa shape index (κ2) is 6.18. The van der Waals surface area contributed by atoms with Gasteiger partial charge in [0.15, 0.2) is 0 Å². The Kier molecular flexibility index (Phi) is 4.27. The van der Waals surface area contributed by atoms with E-state index in [-0.39, 0.29) is 0 Å². The first-order valence-corrected chi connectivity index (χ1v) is 7.84. The highest BCUT2D eigenvalue weighted by molar-refractivity contribution is 6.29. The van der Waals surface area contributed by atoms with E-state index < -0.39 is 5.60 Å². The average molecular weight is 319 g/mol. The molecule has 0 aliphatic heterocycles. The molecule has 1 aliphatic carbocycles. The van der Waals surface area contributed by atoms with E-state index in [1.807, 2.05) is 25.1 Å². The molecule has 22 heavy (non-hydrogen) atoms. The van der Waals surface area contributed by atoms with Crippen LogP contribution in [0.25, 0.3) is 11.3 Å². The van der Waals surface area contributed by atoms with E-state index in [0.717, 1.165) is 42.6 Å². The fraction of sp³-hybridized carbons (Fsp3) is 0.438. The number of aliphatic hydroxyl groups is 1. The molecule has 2 heterocycles. The number of nitrogens with one attached hydrogen (secondary N) is 1. The maximum atomic E-state index is 10.1. The second-order valence-electron chi connectivity index (χ2n) is 6.08. The Hall–Kier alpha value is -1.72.